The summed E-state index contributed by atoms with van der Waals surface area (Å²) in [5, 5.41) is 0. The van der Waals surface area contributed by atoms with E-state index in [9.17, 15) is 4.21 Å². The second-order valence-corrected chi connectivity index (χ2v) is 6.50. The molecule has 1 heterocycles. The van der Waals surface area contributed by atoms with E-state index in [1.807, 2.05) is 13.0 Å². The SMILES string of the molecule is C/C=C/OCC1(CC)CCCCCCS1=O. The van der Waals surface area contributed by atoms with Crippen molar-refractivity contribution in [2.75, 3.05) is 12.4 Å². The van der Waals surface area contributed by atoms with Crippen LogP contribution in [0.1, 0.15) is 52.4 Å². The Balaban J connectivity index is 2.66. The van der Waals surface area contributed by atoms with Crippen molar-refractivity contribution < 1.29 is 8.95 Å². The Bertz CT molecular complexity index is 250. The molecule has 0 bridgehead atoms. The fourth-order valence-corrected chi connectivity index (χ4v) is 4.03. The topological polar surface area (TPSA) is 26.3 Å². The number of ether oxygens (including phenoxy) is 1. The highest BCUT2D eigenvalue weighted by atomic mass is 32.2. The van der Waals surface area contributed by atoms with Gasteiger partial charge in [-0.05, 0) is 26.2 Å². The van der Waals surface area contributed by atoms with Crippen LogP contribution in [0.15, 0.2) is 12.3 Å². The first kappa shape index (κ1) is 13.8. The highest BCUT2D eigenvalue weighted by Gasteiger charge is 2.35. The van der Waals surface area contributed by atoms with E-state index in [1.54, 1.807) is 6.26 Å². The standard InChI is InChI=1S/C13H24O2S/c1-3-10-15-12-13(4-2)9-7-5-6-8-11-16(13)14/h3,10H,4-9,11-12H2,1-2H3/b10-3+. The van der Waals surface area contributed by atoms with Gasteiger partial charge in [-0.25, -0.2) is 0 Å². The van der Waals surface area contributed by atoms with E-state index in [2.05, 4.69) is 6.92 Å². The third kappa shape index (κ3) is 3.62. The van der Waals surface area contributed by atoms with Crippen molar-refractivity contribution in [3.63, 3.8) is 0 Å². The molecule has 0 spiro atoms. The normalized spacial score (nSPS) is 32.2. The largest absolute Gasteiger partial charge is 0.500 e. The lowest BCUT2D eigenvalue weighted by Crippen LogP contribution is -2.40. The molecule has 1 aliphatic heterocycles. The Kier molecular flexibility index (Phi) is 6.10. The number of hydrogen-bond donors (Lipinski definition) is 0. The van der Waals surface area contributed by atoms with Gasteiger partial charge in [-0.1, -0.05) is 32.3 Å². The van der Waals surface area contributed by atoms with Crippen molar-refractivity contribution >= 4 is 10.8 Å². The average molecular weight is 244 g/mol. The smallest absolute Gasteiger partial charge is 0.104 e. The molecule has 2 unspecified atom stereocenters. The van der Waals surface area contributed by atoms with Crippen LogP contribution in [0.2, 0.25) is 0 Å². The summed E-state index contributed by atoms with van der Waals surface area (Å²) in [6.45, 7) is 4.69. The van der Waals surface area contributed by atoms with Crippen LogP contribution in [0.25, 0.3) is 0 Å². The minimum atomic E-state index is -0.727. The summed E-state index contributed by atoms with van der Waals surface area (Å²) in [6, 6.07) is 0. The zero-order valence-electron chi connectivity index (χ0n) is 10.5. The maximum Gasteiger partial charge on any atom is 0.104 e. The number of allylic oxidation sites excluding steroid dienone is 1. The molecule has 3 heteroatoms. The van der Waals surface area contributed by atoms with Crippen LogP contribution in [0.4, 0.5) is 0 Å². The van der Waals surface area contributed by atoms with E-state index in [-0.39, 0.29) is 4.75 Å². The van der Waals surface area contributed by atoms with Gasteiger partial charge in [-0.15, -0.1) is 0 Å². The molecule has 0 aliphatic carbocycles. The first-order valence-electron chi connectivity index (χ1n) is 6.36. The first-order valence-corrected chi connectivity index (χ1v) is 7.68. The van der Waals surface area contributed by atoms with Crippen molar-refractivity contribution in [1.29, 1.82) is 0 Å². The molecule has 1 fully saturated rings. The second kappa shape index (κ2) is 7.10. The lowest BCUT2D eigenvalue weighted by molar-refractivity contribution is 0.197. The maximum atomic E-state index is 12.3. The molecule has 1 rings (SSSR count). The van der Waals surface area contributed by atoms with Gasteiger partial charge in [0.05, 0.1) is 11.0 Å². The van der Waals surface area contributed by atoms with Gasteiger partial charge in [0.1, 0.15) is 6.61 Å². The predicted molar refractivity (Wildman–Crippen MR) is 69.9 cm³/mol. The third-order valence-corrected chi connectivity index (χ3v) is 5.65. The fourth-order valence-electron chi connectivity index (χ4n) is 2.24. The van der Waals surface area contributed by atoms with Crippen molar-refractivity contribution in [3.05, 3.63) is 12.3 Å². The Hall–Kier alpha value is -0.310. The summed E-state index contributed by atoms with van der Waals surface area (Å²) in [5.41, 5.74) is 0. The minimum absolute atomic E-state index is 0.0973. The quantitative estimate of drug-likeness (QED) is 0.709. The molecule has 0 radical (unpaired) electrons. The maximum absolute atomic E-state index is 12.3. The molecule has 0 aromatic heterocycles. The molecular weight excluding hydrogens is 220 g/mol. The van der Waals surface area contributed by atoms with Gasteiger partial charge in [0, 0.05) is 16.6 Å². The Morgan fingerprint density at radius 3 is 2.75 bits per heavy atom. The van der Waals surface area contributed by atoms with Gasteiger partial charge < -0.3 is 4.74 Å². The van der Waals surface area contributed by atoms with Gasteiger partial charge in [-0.2, -0.15) is 0 Å². The summed E-state index contributed by atoms with van der Waals surface area (Å²) in [6.07, 6.45) is 10.4. The molecule has 1 saturated heterocycles. The van der Waals surface area contributed by atoms with Gasteiger partial charge >= 0.3 is 0 Å². The lowest BCUT2D eigenvalue weighted by Gasteiger charge is -2.32. The molecule has 0 aromatic carbocycles. The molecule has 0 N–H and O–H groups in total. The first-order chi connectivity index (χ1) is 7.75. The molecule has 16 heavy (non-hydrogen) atoms. The average Bonchev–Trinajstić information content (AvgIpc) is 2.28. The van der Waals surface area contributed by atoms with Crippen molar-refractivity contribution in [2.45, 2.75) is 57.1 Å². The molecule has 2 nitrogen and oxygen atoms in total. The van der Waals surface area contributed by atoms with E-state index >= 15 is 0 Å². The molecule has 0 aromatic rings. The van der Waals surface area contributed by atoms with Gasteiger partial charge in [0.15, 0.2) is 0 Å². The van der Waals surface area contributed by atoms with E-state index < -0.39 is 10.8 Å². The molecule has 0 saturated carbocycles. The van der Waals surface area contributed by atoms with Gasteiger partial charge in [0.25, 0.3) is 0 Å². The van der Waals surface area contributed by atoms with E-state index in [4.69, 9.17) is 4.74 Å². The number of hydrogen-bond acceptors (Lipinski definition) is 2. The van der Waals surface area contributed by atoms with Crippen LogP contribution in [0.5, 0.6) is 0 Å². The summed E-state index contributed by atoms with van der Waals surface area (Å²) < 4.78 is 17.7. The molecule has 94 valence electrons. The lowest BCUT2D eigenvalue weighted by atomic mass is 9.97. The van der Waals surface area contributed by atoms with Crippen molar-refractivity contribution in [1.82, 2.24) is 0 Å². The molecular formula is C13H24O2S. The fraction of sp³-hybridized carbons (Fsp3) is 0.846. The Labute approximate surface area is 102 Å². The van der Waals surface area contributed by atoms with E-state index in [0.29, 0.717) is 6.61 Å². The highest BCUT2D eigenvalue weighted by molar-refractivity contribution is 7.86. The van der Waals surface area contributed by atoms with Crippen molar-refractivity contribution in [3.8, 4) is 0 Å². The Morgan fingerprint density at radius 1 is 1.31 bits per heavy atom. The highest BCUT2D eigenvalue weighted by Crippen LogP contribution is 2.30. The number of rotatable bonds is 4. The van der Waals surface area contributed by atoms with Crippen LogP contribution < -0.4 is 0 Å². The monoisotopic (exact) mass is 244 g/mol. The van der Waals surface area contributed by atoms with Crippen LogP contribution in [0.3, 0.4) is 0 Å². The molecule has 0 amide bonds. The van der Waals surface area contributed by atoms with Gasteiger partial charge in [0.2, 0.25) is 0 Å². The molecule has 2 atom stereocenters. The summed E-state index contributed by atoms with van der Waals surface area (Å²) in [5.74, 6) is 0.854. The zero-order valence-corrected chi connectivity index (χ0v) is 11.4. The second-order valence-electron chi connectivity index (χ2n) is 4.53. The summed E-state index contributed by atoms with van der Waals surface area (Å²) in [4.78, 5) is 0. The zero-order chi connectivity index (χ0) is 11.9. The van der Waals surface area contributed by atoms with E-state index in [1.165, 1.54) is 19.3 Å². The predicted octanol–water partition coefficient (Wildman–Crippen LogP) is 3.40. The van der Waals surface area contributed by atoms with Crippen LogP contribution in [0, 0.1) is 0 Å². The Morgan fingerprint density at radius 2 is 2.06 bits per heavy atom. The summed E-state index contributed by atoms with van der Waals surface area (Å²) >= 11 is 0. The van der Waals surface area contributed by atoms with Gasteiger partial charge in [-0.3, -0.25) is 4.21 Å². The van der Waals surface area contributed by atoms with Crippen molar-refractivity contribution in [2.24, 2.45) is 0 Å². The molecule has 1 aliphatic rings. The summed E-state index contributed by atoms with van der Waals surface area (Å²) in [7, 11) is -0.727. The van der Waals surface area contributed by atoms with Crippen LogP contribution in [-0.4, -0.2) is 21.3 Å². The van der Waals surface area contributed by atoms with Crippen LogP contribution in [-0.2, 0) is 15.5 Å². The van der Waals surface area contributed by atoms with E-state index in [0.717, 1.165) is 25.0 Å². The van der Waals surface area contributed by atoms with Crippen LogP contribution >= 0.6 is 0 Å². The minimum Gasteiger partial charge on any atom is -0.500 e. The third-order valence-electron chi connectivity index (χ3n) is 3.42.